The van der Waals surface area contributed by atoms with Crippen molar-refractivity contribution < 1.29 is 34.4 Å². The van der Waals surface area contributed by atoms with Crippen molar-refractivity contribution in [1.29, 1.82) is 0 Å². The number of carbonyl (C=O) groups is 2. The summed E-state index contributed by atoms with van der Waals surface area (Å²) in [7, 11) is 0. The van der Waals surface area contributed by atoms with Crippen LogP contribution in [0.1, 0.15) is 74.5 Å². The van der Waals surface area contributed by atoms with E-state index in [0.717, 1.165) is 6.42 Å². The van der Waals surface area contributed by atoms with Gasteiger partial charge in [-0.05, 0) is 37.1 Å². The number of ether oxygens (including phenoxy) is 2. The van der Waals surface area contributed by atoms with Crippen LogP contribution in [-0.4, -0.2) is 40.3 Å². The number of carboxylic acid groups (broad SMARTS) is 1. The van der Waals surface area contributed by atoms with Gasteiger partial charge in [0.2, 0.25) is 0 Å². The van der Waals surface area contributed by atoms with Gasteiger partial charge in [-0.25, -0.2) is 0 Å². The molecule has 0 spiro atoms. The summed E-state index contributed by atoms with van der Waals surface area (Å²) < 4.78 is 11.6. The number of halogens is 1. The van der Waals surface area contributed by atoms with Crippen LogP contribution in [0.2, 0.25) is 5.02 Å². The monoisotopic (exact) mass is 492 g/mol. The molecule has 0 bridgehead atoms. The molecule has 0 heterocycles. The van der Waals surface area contributed by atoms with Crippen molar-refractivity contribution in [2.45, 2.75) is 59.5 Å². The number of hydrogen-bond acceptors (Lipinski definition) is 6. The van der Waals surface area contributed by atoms with Gasteiger partial charge in [-0.1, -0.05) is 50.9 Å². The normalized spacial score (nSPS) is 12.3. The Hall–Kier alpha value is -2.77. The van der Waals surface area contributed by atoms with Crippen molar-refractivity contribution in [2.24, 2.45) is 5.41 Å². The zero-order valence-electron chi connectivity index (χ0n) is 20.1. The largest absolute Gasteiger partial charge is 0.507 e. The average molecular weight is 493 g/mol. The quantitative estimate of drug-likeness (QED) is 0.247. The standard InChI is InChI=1S/C26H33ClO7/c1-5-7-19-23(31)20(16(2)28)14-21(27)24(19)34-13-6-12-33-18-10-8-17(9-11-18)25(32)26(3,4)15-22(29)30/h8-11,14,25,31-32H,5-7,12-13,15H2,1-4H3,(H,29,30). The van der Waals surface area contributed by atoms with Crippen LogP contribution in [0.5, 0.6) is 17.2 Å². The summed E-state index contributed by atoms with van der Waals surface area (Å²) in [6.45, 7) is 7.43. The summed E-state index contributed by atoms with van der Waals surface area (Å²) >= 11 is 6.32. The molecule has 2 aromatic rings. The lowest BCUT2D eigenvalue weighted by Crippen LogP contribution is -2.25. The Morgan fingerprint density at radius 3 is 2.29 bits per heavy atom. The molecule has 2 aromatic carbocycles. The number of carboxylic acids is 1. The number of Topliss-reactive ketones (excluding diaryl/α,β-unsaturated/α-hetero) is 1. The zero-order valence-corrected chi connectivity index (χ0v) is 20.8. The summed E-state index contributed by atoms with van der Waals surface area (Å²) in [5.41, 5.74) is 0.527. The third-order valence-electron chi connectivity index (χ3n) is 5.53. The summed E-state index contributed by atoms with van der Waals surface area (Å²) in [6, 6.07) is 8.32. The third kappa shape index (κ3) is 7.11. The number of benzene rings is 2. The van der Waals surface area contributed by atoms with E-state index in [1.807, 2.05) is 6.92 Å². The number of hydrogen-bond donors (Lipinski definition) is 3. The molecule has 7 nitrogen and oxygen atoms in total. The molecular weight excluding hydrogens is 460 g/mol. The van der Waals surface area contributed by atoms with Gasteiger partial charge < -0.3 is 24.8 Å². The Morgan fingerprint density at radius 2 is 1.74 bits per heavy atom. The van der Waals surface area contributed by atoms with Gasteiger partial charge in [0.15, 0.2) is 5.78 Å². The van der Waals surface area contributed by atoms with E-state index >= 15 is 0 Å². The highest BCUT2D eigenvalue weighted by Crippen LogP contribution is 2.39. The van der Waals surface area contributed by atoms with Crippen molar-refractivity contribution in [3.63, 3.8) is 0 Å². The highest BCUT2D eigenvalue weighted by molar-refractivity contribution is 6.32. The minimum Gasteiger partial charge on any atom is -0.507 e. The van der Waals surface area contributed by atoms with Crippen molar-refractivity contribution in [3.8, 4) is 17.2 Å². The number of aliphatic hydroxyl groups excluding tert-OH is 1. The molecule has 0 saturated heterocycles. The molecular formula is C26H33ClO7. The number of phenolic OH excluding ortho intramolecular Hbond substituents is 1. The van der Waals surface area contributed by atoms with Crippen molar-refractivity contribution in [2.75, 3.05) is 13.2 Å². The molecule has 0 aliphatic heterocycles. The maximum atomic E-state index is 11.8. The second-order valence-corrected chi connectivity index (χ2v) is 9.36. The molecule has 2 rings (SSSR count). The van der Waals surface area contributed by atoms with Crippen molar-refractivity contribution in [3.05, 3.63) is 52.0 Å². The van der Waals surface area contributed by atoms with Crippen LogP contribution in [0.15, 0.2) is 30.3 Å². The predicted octanol–water partition coefficient (Wildman–Crippen LogP) is 5.58. The highest BCUT2D eigenvalue weighted by Gasteiger charge is 2.31. The van der Waals surface area contributed by atoms with Crippen LogP contribution in [0, 0.1) is 5.41 Å². The lowest BCUT2D eigenvalue weighted by molar-refractivity contribution is -0.141. The summed E-state index contributed by atoms with van der Waals surface area (Å²) in [5.74, 6) is -0.313. The Bertz CT molecular complexity index is 999. The molecule has 34 heavy (non-hydrogen) atoms. The average Bonchev–Trinajstić information content (AvgIpc) is 2.76. The summed E-state index contributed by atoms with van der Waals surface area (Å²) in [6.07, 6.45) is 0.765. The summed E-state index contributed by atoms with van der Waals surface area (Å²) in [4.78, 5) is 22.8. The molecule has 0 amide bonds. The molecule has 186 valence electrons. The Morgan fingerprint density at radius 1 is 1.12 bits per heavy atom. The number of aliphatic hydroxyl groups is 1. The number of carbonyl (C=O) groups excluding carboxylic acids is 1. The van der Waals surface area contributed by atoms with Crippen LogP contribution in [-0.2, 0) is 11.2 Å². The minimum atomic E-state index is -0.959. The fraction of sp³-hybridized carbons (Fsp3) is 0.462. The van der Waals surface area contributed by atoms with Crippen LogP contribution >= 0.6 is 11.6 Å². The van der Waals surface area contributed by atoms with Gasteiger partial charge in [-0.2, -0.15) is 0 Å². The van der Waals surface area contributed by atoms with Gasteiger partial charge in [-0.3, -0.25) is 9.59 Å². The van der Waals surface area contributed by atoms with Gasteiger partial charge in [0.1, 0.15) is 17.2 Å². The molecule has 0 aliphatic carbocycles. The number of ketones is 1. The van der Waals surface area contributed by atoms with Gasteiger partial charge in [0.25, 0.3) is 0 Å². The molecule has 0 radical (unpaired) electrons. The van der Waals surface area contributed by atoms with Crippen LogP contribution < -0.4 is 9.47 Å². The van der Waals surface area contributed by atoms with Crippen LogP contribution in [0.4, 0.5) is 0 Å². The van der Waals surface area contributed by atoms with Gasteiger partial charge >= 0.3 is 5.97 Å². The number of phenols is 1. The van der Waals surface area contributed by atoms with Gasteiger partial charge in [0.05, 0.1) is 36.3 Å². The first-order valence-corrected chi connectivity index (χ1v) is 11.7. The molecule has 0 aliphatic rings. The maximum Gasteiger partial charge on any atom is 0.303 e. The van der Waals surface area contributed by atoms with E-state index in [9.17, 15) is 19.8 Å². The minimum absolute atomic E-state index is 0.0844. The number of rotatable bonds is 13. The molecule has 8 heteroatoms. The number of aromatic hydroxyl groups is 1. The first kappa shape index (κ1) is 27.5. The third-order valence-corrected chi connectivity index (χ3v) is 5.81. The molecule has 0 saturated carbocycles. The lowest BCUT2D eigenvalue weighted by Gasteiger charge is -2.29. The first-order valence-electron chi connectivity index (χ1n) is 11.3. The van der Waals surface area contributed by atoms with E-state index in [1.165, 1.54) is 13.0 Å². The molecule has 0 fully saturated rings. The topological polar surface area (TPSA) is 113 Å². The summed E-state index contributed by atoms with van der Waals surface area (Å²) in [5, 5.41) is 30.3. The van der Waals surface area contributed by atoms with Gasteiger partial charge in [0, 0.05) is 17.4 Å². The molecule has 3 N–H and O–H groups in total. The van der Waals surface area contributed by atoms with Crippen molar-refractivity contribution in [1.82, 2.24) is 0 Å². The molecule has 1 atom stereocenters. The second-order valence-electron chi connectivity index (χ2n) is 8.95. The van der Waals surface area contributed by atoms with E-state index in [2.05, 4.69) is 0 Å². The molecule has 1 unspecified atom stereocenters. The highest BCUT2D eigenvalue weighted by atomic mass is 35.5. The number of aliphatic carboxylic acids is 1. The van der Waals surface area contributed by atoms with E-state index in [0.29, 0.717) is 48.7 Å². The Balaban J connectivity index is 1.93. The van der Waals surface area contributed by atoms with Crippen LogP contribution in [0.3, 0.4) is 0 Å². The van der Waals surface area contributed by atoms with E-state index in [4.69, 9.17) is 26.2 Å². The fourth-order valence-electron chi connectivity index (χ4n) is 3.69. The van der Waals surface area contributed by atoms with E-state index < -0.39 is 17.5 Å². The maximum absolute atomic E-state index is 11.8. The van der Waals surface area contributed by atoms with Crippen molar-refractivity contribution >= 4 is 23.4 Å². The van der Waals surface area contributed by atoms with E-state index in [-0.39, 0.29) is 28.5 Å². The SMILES string of the molecule is CCCc1c(O)c(C(C)=O)cc(Cl)c1OCCCOc1ccc(C(O)C(C)(C)CC(=O)O)cc1. The Labute approximate surface area is 205 Å². The smallest absolute Gasteiger partial charge is 0.303 e. The zero-order chi connectivity index (χ0) is 25.5. The van der Waals surface area contributed by atoms with Gasteiger partial charge in [-0.15, -0.1) is 0 Å². The fourth-order valence-corrected chi connectivity index (χ4v) is 3.97. The lowest BCUT2D eigenvalue weighted by atomic mass is 9.80. The predicted molar refractivity (Wildman–Crippen MR) is 130 cm³/mol. The van der Waals surface area contributed by atoms with Crippen LogP contribution in [0.25, 0.3) is 0 Å². The molecule has 0 aromatic heterocycles. The Kier molecular flexibility index (Phi) is 9.77. The second kappa shape index (κ2) is 12.1. The van der Waals surface area contributed by atoms with E-state index in [1.54, 1.807) is 38.1 Å². The first-order chi connectivity index (χ1) is 16.0.